The minimum Gasteiger partial charge on any atom is -0.378 e. The standard InChI is InChI=1S/C51H60FN9O6S/c1-50(53)15-19-60(20-16-50)43-30-55-46(31-54-43)68-38-7-5-6-36(26-38)57-44(62)8-3-2-4-23-67-37-27-51(28-37)17-21-59(22-18-51)41-12-10-34(25-40(41)52)47(64)56-29-33-9-11-39-35(24-33)32-61(49(39)66)42-13-14-45(63)58-48(42)65/h5-7,9-12,24-26,30-31,37,42H,2-4,8,13-23,27-29,32,53H2,1H3,(H,56,64)(H,57,62)(H,58,63,65). The van der Waals surface area contributed by atoms with Gasteiger partial charge in [-0.2, -0.15) is 0 Å². The first-order valence-electron chi connectivity index (χ1n) is 23.9. The zero-order valence-corrected chi connectivity index (χ0v) is 39.4. The lowest BCUT2D eigenvalue weighted by Gasteiger charge is -2.52. The largest absolute Gasteiger partial charge is 0.378 e. The number of carbonyl (C=O) groups is 5. The molecule has 1 aromatic heterocycles. The molecule has 3 saturated heterocycles. The zero-order chi connectivity index (χ0) is 47.4. The summed E-state index contributed by atoms with van der Waals surface area (Å²) in [7, 11) is 0. The van der Waals surface area contributed by atoms with E-state index in [-0.39, 0.29) is 66.3 Å². The van der Waals surface area contributed by atoms with Crippen molar-refractivity contribution in [1.82, 2.24) is 25.5 Å². The van der Waals surface area contributed by atoms with Gasteiger partial charge in [-0.1, -0.05) is 36.4 Å². The predicted octanol–water partition coefficient (Wildman–Crippen LogP) is 6.74. The first-order valence-corrected chi connectivity index (χ1v) is 24.7. The van der Waals surface area contributed by atoms with Crippen LogP contribution in [0.3, 0.4) is 0 Å². The van der Waals surface area contributed by atoms with Crippen molar-refractivity contribution in [2.75, 3.05) is 47.9 Å². The van der Waals surface area contributed by atoms with Gasteiger partial charge in [0.25, 0.3) is 11.8 Å². The number of nitrogens with one attached hydrogen (secondary N) is 3. The number of piperidine rings is 3. The van der Waals surface area contributed by atoms with Crippen molar-refractivity contribution in [3.63, 3.8) is 0 Å². The number of halogens is 1. The van der Waals surface area contributed by atoms with Gasteiger partial charge in [-0.15, -0.1) is 0 Å². The van der Waals surface area contributed by atoms with Crippen LogP contribution in [0.4, 0.5) is 21.6 Å². The van der Waals surface area contributed by atoms with Crippen molar-refractivity contribution < 1.29 is 33.1 Å². The molecule has 17 heteroatoms. The van der Waals surface area contributed by atoms with Crippen LogP contribution < -0.4 is 31.5 Å². The van der Waals surface area contributed by atoms with Gasteiger partial charge in [0.15, 0.2) is 0 Å². The Bertz CT molecular complexity index is 2530. The van der Waals surface area contributed by atoms with E-state index in [2.05, 4.69) is 42.6 Å². The van der Waals surface area contributed by atoms with Crippen molar-refractivity contribution in [3.8, 4) is 0 Å². The summed E-state index contributed by atoms with van der Waals surface area (Å²) in [6, 6.07) is 17.0. The van der Waals surface area contributed by atoms with E-state index in [9.17, 15) is 24.0 Å². The molecule has 4 aliphatic heterocycles. The third kappa shape index (κ3) is 11.2. The smallest absolute Gasteiger partial charge is 0.255 e. The van der Waals surface area contributed by atoms with Gasteiger partial charge in [0, 0.05) is 86.0 Å². The molecule has 5 aliphatic rings. The molecule has 1 atom stereocenters. The van der Waals surface area contributed by atoms with Crippen LogP contribution in [0.5, 0.6) is 0 Å². The van der Waals surface area contributed by atoms with Crippen molar-refractivity contribution >= 4 is 58.5 Å². The molecular weight excluding hydrogens is 886 g/mol. The number of anilines is 3. The Labute approximate surface area is 400 Å². The SMILES string of the molecule is CC1(N)CCN(c2cnc(Sc3cccc(NC(=O)CCCCCOC4CC5(CCN(c6ccc(C(=O)NCc7ccc8c(c7)CN(C7CCC(=O)NC7=O)C8=O)cc6F)CC5)C4)c3)cn2)CC1. The molecule has 1 spiro atoms. The molecule has 5 N–H and O–H groups in total. The first-order chi connectivity index (χ1) is 32.8. The molecule has 15 nitrogen and oxygen atoms in total. The highest BCUT2D eigenvalue weighted by Crippen LogP contribution is 2.51. The summed E-state index contributed by atoms with van der Waals surface area (Å²) in [5, 5.41) is 9.00. The molecule has 358 valence electrons. The Morgan fingerprint density at radius 3 is 2.47 bits per heavy atom. The highest BCUT2D eigenvalue weighted by molar-refractivity contribution is 7.99. The molecule has 5 heterocycles. The number of amides is 5. The Hall–Kier alpha value is -5.91. The summed E-state index contributed by atoms with van der Waals surface area (Å²) in [6.07, 6.45) is 13.1. The lowest BCUT2D eigenvalue weighted by molar-refractivity contribution is -0.137. The van der Waals surface area contributed by atoms with Crippen LogP contribution >= 0.6 is 11.8 Å². The molecule has 1 aliphatic carbocycles. The molecule has 4 fully saturated rings. The van der Waals surface area contributed by atoms with Gasteiger partial charge >= 0.3 is 0 Å². The number of imide groups is 1. The number of benzene rings is 3. The molecule has 3 aromatic carbocycles. The van der Waals surface area contributed by atoms with Gasteiger partial charge in [0.1, 0.15) is 22.7 Å². The van der Waals surface area contributed by atoms with Crippen LogP contribution in [-0.2, 0) is 32.2 Å². The Balaban J connectivity index is 0.636. The molecule has 9 rings (SSSR count). The van der Waals surface area contributed by atoms with Crippen molar-refractivity contribution in [2.45, 2.75) is 125 Å². The van der Waals surface area contributed by atoms with Gasteiger partial charge in [-0.3, -0.25) is 29.3 Å². The van der Waals surface area contributed by atoms with Gasteiger partial charge < -0.3 is 35.8 Å². The number of unbranched alkanes of at least 4 members (excludes halogenated alkanes) is 2. The van der Waals surface area contributed by atoms with E-state index in [1.165, 1.54) is 22.7 Å². The van der Waals surface area contributed by atoms with E-state index >= 15 is 4.39 Å². The summed E-state index contributed by atoms with van der Waals surface area (Å²) in [6.45, 7) is 6.42. The average Bonchev–Trinajstić information content (AvgIpc) is 3.63. The van der Waals surface area contributed by atoms with Crippen molar-refractivity contribution in [2.24, 2.45) is 11.1 Å². The monoisotopic (exact) mass is 945 g/mol. The molecule has 0 bridgehead atoms. The summed E-state index contributed by atoms with van der Waals surface area (Å²) in [4.78, 5) is 78.9. The number of hydrogen-bond donors (Lipinski definition) is 4. The maximum absolute atomic E-state index is 15.5. The Kier molecular flexibility index (Phi) is 14.1. The predicted molar refractivity (Wildman–Crippen MR) is 257 cm³/mol. The second-order valence-electron chi connectivity index (χ2n) is 19.5. The second-order valence-corrected chi connectivity index (χ2v) is 20.6. The first kappa shape index (κ1) is 47.2. The lowest BCUT2D eigenvalue weighted by Crippen LogP contribution is -2.52. The maximum atomic E-state index is 15.5. The summed E-state index contributed by atoms with van der Waals surface area (Å²) < 4.78 is 21.7. The minimum absolute atomic E-state index is 0.00612. The van der Waals surface area contributed by atoms with Gasteiger partial charge in [0.2, 0.25) is 17.7 Å². The number of ether oxygens (including phenoxy) is 1. The fraction of sp³-hybridized carbons (Fsp3) is 0.471. The van der Waals surface area contributed by atoms with Crippen LogP contribution in [0, 0.1) is 11.2 Å². The summed E-state index contributed by atoms with van der Waals surface area (Å²) >= 11 is 1.51. The molecule has 68 heavy (non-hydrogen) atoms. The number of aromatic nitrogens is 2. The van der Waals surface area contributed by atoms with Crippen LogP contribution in [0.15, 0.2) is 83.0 Å². The normalized spacial score (nSPS) is 20.0. The number of hydrogen-bond acceptors (Lipinski definition) is 12. The van der Waals surface area contributed by atoms with Crippen LogP contribution in [-0.4, -0.2) is 94.9 Å². The molecule has 0 radical (unpaired) electrons. The maximum Gasteiger partial charge on any atom is 0.255 e. The van der Waals surface area contributed by atoms with Gasteiger partial charge in [0.05, 0.1) is 24.2 Å². The third-order valence-electron chi connectivity index (χ3n) is 14.3. The highest BCUT2D eigenvalue weighted by atomic mass is 32.2. The minimum atomic E-state index is -0.697. The summed E-state index contributed by atoms with van der Waals surface area (Å²) in [5.74, 6) is -1.04. The van der Waals surface area contributed by atoms with Gasteiger partial charge in [-0.25, -0.2) is 14.4 Å². The molecular formula is C51H60FN9O6S. The van der Waals surface area contributed by atoms with E-state index < -0.39 is 23.7 Å². The topological polar surface area (TPSA) is 192 Å². The van der Waals surface area contributed by atoms with Gasteiger partial charge in [-0.05, 0) is 124 Å². The fourth-order valence-electron chi connectivity index (χ4n) is 10.1. The molecule has 4 aromatic rings. The number of carbonyl (C=O) groups excluding carboxylic acids is 5. The molecule has 1 saturated carbocycles. The van der Waals surface area contributed by atoms with E-state index in [0.717, 1.165) is 117 Å². The van der Waals surface area contributed by atoms with Crippen LogP contribution in [0.2, 0.25) is 0 Å². The molecule has 1 unspecified atom stereocenters. The molecule has 5 amide bonds. The quantitative estimate of drug-likeness (QED) is 0.0685. The van der Waals surface area contributed by atoms with E-state index in [4.69, 9.17) is 10.5 Å². The Morgan fingerprint density at radius 1 is 0.926 bits per heavy atom. The summed E-state index contributed by atoms with van der Waals surface area (Å²) in [5.41, 5.74) is 9.88. The number of fused-ring (bicyclic) bond motifs is 1. The van der Waals surface area contributed by atoms with Crippen molar-refractivity contribution in [1.29, 1.82) is 0 Å². The van der Waals surface area contributed by atoms with E-state index in [0.29, 0.717) is 24.3 Å². The number of rotatable bonds is 16. The fourth-order valence-corrected chi connectivity index (χ4v) is 10.9. The van der Waals surface area contributed by atoms with E-state index in [1.807, 2.05) is 36.5 Å². The van der Waals surface area contributed by atoms with Crippen molar-refractivity contribution in [3.05, 3.63) is 101 Å². The van der Waals surface area contributed by atoms with E-state index in [1.54, 1.807) is 30.5 Å². The lowest BCUT2D eigenvalue weighted by atomic mass is 9.61. The number of nitrogens with two attached hydrogens (primary N) is 1. The zero-order valence-electron chi connectivity index (χ0n) is 38.6. The third-order valence-corrected chi connectivity index (χ3v) is 15.2. The highest BCUT2D eigenvalue weighted by Gasteiger charge is 2.46. The Morgan fingerprint density at radius 2 is 1.72 bits per heavy atom. The van der Waals surface area contributed by atoms with Crippen LogP contribution in [0.25, 0.3) is 0 Å². The second kappa shape index (κ2) is 20.4. The number of nitrogens with zero attached hydrogens (tertiary/aromatic N) is 5. The van der Waals surface area contributed by atoms with Crippen LogP contribution in [0.1, 0.15) is 116 Å². The average molecular weight is 946 g/mol.